The molecule has 32 heavy (non-hydrogen) atoms. The second kappa shape index (κ2) is 9.32. The molecule has 0 fully saturated rings. The average Bonchev–Trinajstić information content (AvgIpc) is 3.12. The van der Waals surface area contributed by atoms with Gasteiger partial charge >= 0.3 is 13.2 Å². The molecule has 4 nitrogen and oxygen atoms in total. The van der Waals surface area contributed by atoms with E-state index >= 15 is 0 Å². The molecule has 164 valence electrons. The molecule has 0 saturated carbocycles. The zero-order chi connectivity index (χ0) is 22.7. The first kappa shape index (κ1) is 21.7. The molecule has 0 aliphatic heterocycles. The van der Waals surface area contributed by atoms with Gasteiger partial charge in [-0.3, -0.25) is 0 Å². The van der Waals surface area contributed by atoms with Crippen molar-refractivity contribution in [3.63, 3.8) is 0 Å². The summed E-state index contributed by atoms with van der Waals surface area (Å²) >= 11 is 6.71. The topological polar surface area (TPSA) is 36.3 Å². The third-order valence-electron chi connectivity index (χ3n) is 4.53. The van der Waals surface area contributed by atoms with Crippen LogP contribution in [0.4, 0.5) is 17.6 Å². The quantitative estimate of drug-likeness (QED) is 0.276. The minimum Gasteiger partial charge on any atom is -0.435 e. The standard InChI is InChI=1S/C23H15ClF4N2O2/c24-19-20(14-6-10-17(11-7-14)31-22(25)26)29-30(16-4-2-1-3-5-16)21(19)15-8-12-18(13-9-15)32-23(27)28/h1-13,22-23H. The minimum atomic E-state index is -2.93. The van der Waals surface area contributed by atoms with E-state index in [1.807, 2.05) is 30.3 Å². The summed E-state index contributed by atoms with van der Waals surface area (Å²) in [5.74, 6) is 0.0256. The normalized spacial score (nSPS) is 11.2. The lowest BCUT2D eigenvalue weighted by atomic mass is 10.1. The van der Waals surface area contributed by atoms with E-state index in [2.05, 4.69) is 14.6 Å². The second-order valence-electron chi connectivity index (χ2n) is 6.56. The lowest BCUT2D eigenvalue weighted by Crippen LogP contribution is -2.02. The predicted octanol–water partition coefficient (Wildman–Crippen LogP) is 7.06. The van der Waals surface area contributed by atoms with Crippen molar-refractivity contribution in [3.05, 3.63) is 83.9 Å². The van der Waals surface area contributed by atoms with Gasteiger partial charge in [0.25, 0.3) is 0 Å². The molecule has 0 aliphatic rings. The van der Waals surface area contributed by atoms with E-state index in [0.29, 0.717) is 27.5 Å². The zero-order valence-electron chi connectivity index (χ0n) is 16.3. The van der Waals surface area contributed by atoms with Gasteiger partial charge in [0.2, 0.25) is 0 Å². The Morgan fingerprint density at radius 3 is 1.69 bits per heavy atom. The van der Waals surface area contributed by atoms with E-state index < -0.39 is 13.2 Å². The summed E-state index contributed by atoms with van der Waals surface area (Å²) in [6.07, 6.45) is 0. The Morgan fingerprint density at radius 1 is 0.688 bits per heavy atom. The van der Waals surface area contributed by atoms with Gasteiger partial charge in [0, 0.05) is 11.1 Å². The number of hydrogen-bond acceptors (Lipinski definition) is 3. The Balaban J connectivity index is 1.79. The maximum absolute atomic E-state index is 12.5. The van der Waals surface area contributed by atoms with E-state index in [9.17, 15) is 17.6 Å². The molecule has 3 aromatic carbocycles. The maximum Gasteiger partial charge on any atom is 0.387 e. The van der Waals surface area contributed by atoms with Crippen LogP contribution in [0.15, 0.2) is 78.9 Å². The number of nitrogens with zero attached hydrogens (tertiary/aromatic N) is 2. The maximum atomic E-state index is 12.5. The molecule has 0 spiro atoms. The van der Waals surface area contributed by atoms with Crippen molar-refractivity contribution < 1.29 is 27.0 Å². The number of rotatable bonds is 7. The molecule has 4 aromatic rings. The fraction of sp³-hybridized carbons (Fsp3) is 0.0870. The highest BCUT2D eigenvalue weighted by Gasteiger charge is 2.21. The number of benzene rings is 3. The first-order valence-electron chi connectivity index (χ1n) is 9.37. The highest BCUT2D eigenvalue weighted by atomic mass is 35.5. The first-order valence-corrected chi connectivity index (χ1v) is 9.74. The Hall–Kier alpha value is -3.52. The minimum absolute atomic E-state index is 0.0113. The summed E-state index contributed by atoms with van der Waals surface area (Å²) in [5, 5.41) is 4.94. The average molecular weight is 463 g/mol. The molecule has 0 amide bonds. The van der Waals surface area contributed by atoms with Gasteiger partial charge in [-0.25, -0.2) is 4.68 Å². The Morgan fingerprint density at radius 2 is 1.19 bits per heavy atom. The van der Waals surface area contributed by atoms with Crippen LogP contribution in [-0.2, 0) is 0 Å². The fourth-order valence-electron chi connectivity index (χ4n) is 3.18. The van der Waals surface area contributed by atoms with E-state index in [4.69, 9.17) is 11.6 Å². The van der Waals surface area contributed by atoms with Crippen molar-refractivity contribution in [1.29, 1.82) is 0 Å². The molecular formula is C23H15ClF4N2O2. The van der Waals surface area contributed by atoms with Crippen LogP contribution in [0.25, 0.3) is 28.2 Å². The smallest absolute Gasteiger partial charge is 0.387 e. The molecule has 1 heterocycles. The molecule has 0 atom stereocenters. The molecule has 9 heteroatoms. The molecule has 4 rings (SSSR count). The summed E-state index contributed by atoms with van der Waals surface area (Å²) < 4.78 is 60.2. The summed E-state index contributed by atoms with van der Waals surface area (Å²) in [6, 6.07) is 21.2. The van der Waals surface area contributed by atoms with Crippen molar-refractivity contribution in [2.45, 2.75) is 13.2 Å². The lowest BCUT2D eigenvalue weighted by Gasteiger charge is -2.09. The predicted molar refractivity (Wildman–Crippen MR) is 113 cm³/mol. The van der Waals surface area contributed by atoms with Crippen LogP contribution >= 0.6 is 11.6 Å². The van der Waals surface area contributed by atoms with Gasteiger partial charge < -0.3 is 9.47 Å². The van der Waals surface area contributed by atoms with Crippen molar-refractivity contribution in [2.24, 2.45) is 0 Å². The van der Waals surface area contributed by atoms with Crippen molar-refractivity contribution >= 4 is 11.6 Å². The van der Waals surface area contributed by atoms with Crippen LogP contribution in [0.3, 0.4) is 0 Å². The number of alkyl halides is 4. The molecule has 0 radical (unpaired) electrons. The third-order valence-corrected chi connectivity index (χ3v) is 4.89. The van der Waals surface area contributed by atoms with Gasteiger partial charge in [0.15, 0.2) is 0 Å². The summed E-state index contributed by atoms with van der Waals surface area (Å²) in [5.41, 5.74) is 2.88. The van der Waals surface area contributed by atoms with Crippen molar-refractivity contribution in [1.82, 2.24) is 9.78 Å². The summed E-state index contributed by atoms with van der Waals surface area (Å²) in [6.45, 7) is -5.85. The van der Waals surface area contributed by atoms with Crippen LogP contribution in [0.2, 0.25) is 5.02 Å². The van der Waals surface area contributed by atoms with Gasteiger partial charge in [-0.15, -0.1) is 0 Å². The first-order chi connectivity index (χ1) is 15.4. The molecule has 0 unspecified atom stereocenters. The van der Waals surface area contributed by atoms with Gasteiger partial charge in [-0.05, 0) is 60.7 Å². The number of hydrogen-bond donors (Lipinski definition) is 0. The van der Waals surface area contributed by atoms with E-state index in [-0.39, 0.29) is 11.5 Å². The van der Waals surface area contributed by atoms with Crippen molar-refractivity contribution in [2.75, 3.05) is 0 Å². The molecule has 0 aliphatic carbocycles. The number of para-hydroxylation sites is 1. The van der Waals surface area contributed by atoms with Gasteiger partial charge in [0.05, 0.1) is 16.4 Å². The molecular weight excluding hydrogens is 448 g/mol. The third kappa shape index (κ3) is 4.70. The summed E-state index contributed by atoms with van der Waals surface area (Å²) in [4.78, 5) is 0. The van der Waals surface area contributed by atoms with Crippen LogP contribution in [0.5, 0.6) is 11.5 Å². The SMILES string of the molecule is FC(F)Oc1ccc(-c2nn(-c3ccccc3)c(-c3ccc(OC(F)F)cc3)c2Cl)cc1. The number of ether oxygens (including phenoxy) is 2. The van der Waals surface area contributed by atoms with E-state index in [1.54, 1.807) is 28.9 Å². The number of aromatic nitrogens is 2. The van der Waals surface area contributed by atoms with E-state index in [0.717, 1.165) is 5.69 Å². The van der Waals surface area contributed by atoms with Crippen molar-refractivity contribution in [3.8, 4) is 39.7 Å². The monoisotopic (exact) mass is 462 g/mol. The highest BCUT2D eigenvalue weighted by Crippen LogP contribution is 2.39. The Kier molecular flexibility index (Phi) is 6.32. The van der Waals surface area contributed by atoms with Crippen LogP contribution in [0.1, 0.15) is 0 Å². The molecule has 0 saturated heterocycles. The zero-order valence-corrected chi connectivity index (χ0v) is 17.0. The Labute approximate surface area is 185 Å². The van der Waals surface area contributed by atoms with Gasteiger partial charge in [-0.2, -0.15) is 22.7 Å². The van der Waals surface area contributed by atoms with Crippen LogP contribution < -0.4 is 9.47 Å². The summed E-state index contributed by atoms with van der Waals surface area (Å²) in [7, 11) is 0. The second-order valence-corrected chi connectivity index (χ2v) is 6.94. The van der Waals surface area contributed by atoms with Gasteiger partial charge in [-0.1, -0.05) is 29.8 Å². The van der Waals surface area contributed by atoms with E-state index in [1.165, 1.54) is 24.3 Å². The molecule has 1 aromatic heterocycles. The fourth-order valence-corrected chi connectivity index (χ4v) is 3.51. The van der Waals surface area contributed by atoms with Gasteiger partial charge in [0.1, 0.15) is 17.2 Å². The largest absolute Gasteiger partial charge is 0.435 e. The number of halogens is 5. The molecule has 0 N–H and O–H groups in total. The Bertz CT molecular complexity index is 1180. The van der Waals surface area contributed by atoms with Crippen LogP contribution in [-0.4, -0.2) is 23.0 Å². The van der Waals surface area contributed by atoms with Crippen LogP contribution in [0, 0.1) is 0 Å². The lowest BCUT2D eigenvalue weighted by molar-refractivity contribution is -0.0505. The molecule has 0 bridgehead atoms. The highest BCUT2D eigenvalue weighted by molar-refractivity contribution is 6.35.